The smallest absolute Gasteiger partial charge is 0.756 e. The van der Waals surface area contributed by atoms with Crippen LogP contribution in [-0.2, 0) is 13.8 Å². The van der Waals surface area contributed by atoms with Crippen LogP contribution in [0.1, 0.15) is 53.1 Å². The fourth-order valence-corrected chi connectivity index (χ4v) is 4.11. The Morgan fingerprint density at radius 1 is 1.26 bits per heavy atom. The number of phosphoric ester groups is 1. The minimum Gasteiger partial charge on any atom is -0.756 e. The number of carbonyl (C=O) groups excluding carboxylic acids is 2. The predicted molar refractivity (Wildman–Crippen MR) is 118 cm³/mol. The van der Waals surface area contributed by atoms with Crippen LogP contribution in [0.25, 0.3) is 0 Å². The standard InChI is InChI=1S/C21H22Cl2NO8P.Na/c1-11(25)12-7-8-16-14(9-12)18(24-20(26)13-5-4-6-15(22)17(13)23)19(21(2,3)32-16)30-10-31-33(27,28)29;/h4-9,18-19H,10H2,1-3H3,(H,24,26)(H2,27,28,29);/q;+1/p-1/t18-,19-;/m0./s1. The van der Waals surface area contributed by atoms with Gasteiger partial charge in [-0.05, 0) is 51.1 Å². The van der Waals surface area contributed by atoms with Gasteiger partial charge in [0.15, 0.2) is 12.6 Å². The number of hydrogen-bond donors (Lipinski definition) is 2. The van der Waals surface area contributed by atoms with Gasteiger partial charge in [-0.15, -0.1) is 0 Å². The first-order valence-corrected chi connectivity index (χ1v) is 11.9. The van der Waals surface area contributed by atoms with Crippen LogP contribution in [-0.4, -0.2) is 35.1 Å². The van der Waals surface area contributed by atoms with Crippen LogP contribution in [0.4, 0.5) is 0 Å². The fourth-order valence-electron chi connectivity index (χ4n) is 3.53. The molecule has 0 saturated heterocycles. The van der Waals surface area contributed by atoms with Gasteiger partial charge in [0.1, 0.15) is 17.5 Å². The normalized spacial score (nSPS) is 20.2. The third-order valence-corrected chi connectivity index (χ3v) is 6.31. The maximum Gasteiger partial charge on any atom is 1.00 e. The summed E-state index contributed by atoms with van der Waals surface area (Å²) in [5, 5.41) is 3.05. The first kappa shape index (κ1) is 29.3. The summed E-state index contributed by atoms with van der Waals surface area (Å²) in [6.45, 7) is 3.89. The molecule has 1 aliphatic heterocycles. The van der Waals surface area contributed by atoms with Crippen molar-refractivity contribution in [2.45, 2.75) is 38.5 Å². The summed E-state index contributed by atoms with van der Waals surface area (Å²) in [4.78, 5) is 44.9. The van der Waals surface area contributed by atoms with Crippen molar-refractivity contribution in [2.24, 2.45) is 0 Å². The first-order chi connectivity index (χ1) is 15.3. The maximum atomic E-state index is 13.1. The molecule has 3 atom stereocenters. The van der Waals surface area contributed by atoms with Gasteiger partial charge in [0, 0.05) is 11.1 Å². The van der Waals surface area contributed by atoms with E-state index >= 15 is 0 Å². The summed E-state index contributed by atoms with van der Waals surface area (Å²) in [5.74, 6) is -0.403. The van der Waals surface area contributed by atoms with Crippen molar-refractivity contribution in [1.82, 2.24) is 5.32 Å². The van der Waals surface area contributed by atoms with Gasteiger partial charge in [0.25, 0.3) is 13.7 Å². The van der Waals surface area contributed by atoms with Crippen LogP contribution in [0, 0.1) is 0 Å². The number of carbonyl (C=O) groups is 2. The molecule has 2 aromatic rings. The van der Waals surface area contributed by atoms with Crippen LogP contribution >= 0.6 is 31.0 Å². The summed E-state index contributed by atoms with van der Waals surface area (Å²) in [6.07, 6.45) is -0.999. The average Bonchev–Trinajstić information content (AvgIpc) is 2.70. The van der Waals surface area contributed by atoms with Crippen molar-refractivity contribution in [2.75, 3.05) is 6.79 Å². The minimum absolute atomic E-state index is 0. The molecule has 34 heavy (non-hydrogen) atoms. The molecular weight excluding hydrogens is 519 g/mol. The Kier molecular flexibility index (Phi) is 9.80. The van der Waals surface area contributed by atoms with Crippen LogP contribution < -0.4 is 44.5 Å². The molecule has 1 heterocycles. The van der Waals surface area contributed by atoms with E-state index in [0.29, 0.717) is 16.9 Å². The SMILES string of the molecule is CC(=O)c1ccc2c(c1)[C@H](NC(=O)c1cccc(Cl)c1Cl)[C@H](OCOP(=O)([O-])O)C(C)(C)O2.[Na+]. The maximum absolute atomic E-state index is 13.1. The van der Waals surface area contributed by atoms with Gasteiger partial charge in [-0.1, -0.05) is 29.3 Å². The van der Waals surface area contributed by atoms with Gasteiger partial charge < -0.3 is 24.6 Å². The van der Waals surface area contributed by atoms with Crippen molar-refractivity contribution >= 4 is 42.7 Å². The summed E-state index contributed by atoms with van der Waals surface area (Å²) < 4.78 is 26.9. The van der Waals surface area contributed by atoms with E-state index in [0.717, 1.165) is 0 Å². The van der Waals surface area contributed by atoms with E-state index in [9.17, 15) is 19.0 Å². The Morgan fingerprint density at radius 3 is 2.56 bits per heavy atom. The number of hydrogen-bond acceptors (Lipinski definition) is 7. The average molecular weight is 540 g/mol. The third kappa shape index (κ3) is 6.83. The zero-order valence-corrected chi connectivity index (χ0v) is 23.2. The molecule has 1 unspecified atom stereocenters. The van der Waals surface area contributed by atoms with Gasteiger partial charge >= 0.3 is 29.6 Å². The number of Topliss-reactive ketones (excluding diaryl/α,β-unsaturated/α-hetero) is 1. The molecule has 178 valence electrons. The van der Waals surface area contributed by atoms with Crippen LogP contribution in [0.2, 0.25) is 10.0 Å². The van der Waals surface area contributed by atoms with Gasteiger partial charge in [-0.2, -0.15) is 0 Å². The van der Waals surface area contributed by atoms with E-state index in [2.05, 4.69) is 9.84 Å². The number of halogens is 2. The Labute approximate surface area is 228 Å². The predicted octanol–water partition coefficient (Wildman–Crippen LogP) is 0.662. The molecule has 0 saturated carbocycles. The Hall–Kier alpha value is -0.970. The molecule has 2 N–H and O–H groups in total. The number of ketones is 1. The van der Waals surface area contributed by atoms with Gasteiger partial charge in [0.2, 0.25) is 0 Å². The topological polar surface area (TPSA) is 134 Å². The second kappa shape index (κ2) is 11.4. The fraction of sp³-hybridized carbons (Fsp3) is 0.333. The van der Waals surface area contributed by atoms with E-state index in [4.69, 9.17) is 37.6 Å². The van der Waals surface area contributed by atoms with Gasteiger partial charge in [0.05, 0.1) is 21.7 Å². The molecule has 3 rings (SSSR count). The molecule has 0 radical (unpaired) electrons. The zero-order valence-electron chi connectivity index (χ0n) is 18.8. The van der Waals surface area contributed by atoms with Crippen molar-refractivity contribution in [1.29, 1.82) is 0 Å². The number of amides is 1. The van der Waals surface area contributed by atoms with E-state index in [1.54, 1.807) is 38.1 Å². The number of rotatable bonds is 7. The summed E-state index contributed by atoms with van der Waals surface area (Å²) in [5.41, 5.74) is -0.196. The number of phosphoric acid groups is 1. The number of benzene rings is 2. The van der Waals surface area contributed by atoms with Crippen LogP contribution in [0.15, 0.2) is 36.4 Å². The molecule has 1 aliphatic rings. The molecular formula is C21H21Cl2NNaO8P. The summed E-state index contributed by atoms with van der Waals surface area (Å²) in [6, 6.07) is 8.41. The van der Waals surface area contributed by atoms with E-state index in [-0.39, 0.29) is 50.9 Å². The van der Waals surface area contributed by atoms with Gasteiger partial charge in [-0.3, -0.25) is 18.7 Å². The monoisotopic (exact) mass is 539 g/mol. The van der Waals surface area contributed by atoms with Crippen molar-refractivity contribution in [3.05, 3.63) is 63.1 Å². The van der Waals surface area contributed by atoms with Gasteiger partial charge in [-0.25, -0.2) is 0 Å². The minimum atomic E-state index is -5.05. The summed E-state index contributed by atoms with van der Waals surface area (Å²) >= 11 is 12.2. The quantitative estimate of drug-likeness (QED) is 0.227. The molecule has 0 aromatic heterocycles. The number of fused-ring (bicyclic) bond motifs is 1. The largest absolute Gasteiger partial charge is 1.00 e. The summed E-state index contributed by atoms with van der Waals surface area (Å²) in [7, 11) is -5.05. The third-order valence-electron chi connectivity index (χ3n) is 5.06. The zero-order chi connectivity index (χ0) is 24.6. The second-order valence-corrected chi connectivity index (χ2v) is 9.85. The van der Waals surface area contributed by atoms with Crippen molar-refractivity contribution in [3.8, 4) is 5.75 Å². The van der Waals surface area contributed by atoms with E-state index in [1.807, 2.05) is 0 Å². The van der Waals surface area contributed by atoms with Crippen molar-refractivity contribution < 1.29 is 67.5 Å². The molecule has 2 aromatic carbocycles. The second-order valence-electron chi connectivity index (χ2n) is 7.87. The van der Waals surface area contributed by atoms with Crippen molar-refractivity contribution in [3.63, 3.8) is 0 Å². The molecule has 9 nitrogen and oxygen atoms in total. The van der Waals surface area contributed by atoms with Crippen LogP contribution in [0.5, 0.6) is 5.75 Å². The molecule has 0 fully saturated rings. The van der Waals surface area contributed by atoms with E-state index in [1.165, 1.54) is 19.1 Å². The number of nitrogens with one attached hydrogen (secondary N) is 1. The Morgan fingerprint density at radius 2 is 1.94 bits per heavy atom. The van der Waals surface area contributed by atoms with E-state index < -0.39 is 38.3 Å². The number of ether oxygens (including phenoxy) is 2. The Bertz CT molecular complexity index is 1140. The molecule has 1 amide bonds. The first-order valence-electron chi connectivity index (χ1n) is 9.69. The molecule has 0 bridgehead atoms. The molecule has 13 heteroatoms. The van der Waals surface area contributed by atoms with Crippen LogP contribution in [0.3, 0.4) is 0 Å². The Balaban J connectivity index is 0.00000408. The molecule has 0 spiro atoms. The molecule has 0 aliphatic carbocycles.